The maximum atomic E-state index is 11.8. The number of unbranched alkanes of at least 4 members (excludes halogenated alkanes) is 16. The van der Waals surface area contributed by atoms with Crippen LogP contribution in [0, 0.1) is 0 Å². The summed E-state index contributed by atoms with van der Waals surface area (Å²) in [4.78, 5) is 14.1. The average molecular weight is 411 g/mol. The molecule has 0 aromatic heterocycles. The van der Waals surface area contributed by atoms with Gasteiger partial charge < -0.3 is 10.2 Å². The fraction of sp³-hybridized carbons (Fsp3) is 0.962. The van der Waals surface area contributed by atoms with E-state index in [2.05, 4.69) is 38.0 Å². The lowest BCUT2D eigenvalue weighted by atomic mass is 10.0. The number of carbonyl (C=O) groups excluding carboxylic acids is 1. The normalized spacial score (nSPS) is 11.5. The predicted molar refractivity (Wildman–Crippen MR) is 130 cm³/mol. The van der Waals surface area contributed by atoms with Crippen molar-refractivity contribution >= 4 is 5.91 Å². The van der Waals surface area contributed by atoms with Gasteiger partial charge >= 0.3 is 0 Å². The molecule has 0 fully saturated rings. The number of nitrogens with zero attached hydrogens (tertiary/aromatic N) is 1. The van der Waals surface area contributed by atoms with Crippen LogP contribution < -0.4 is 5.32 Å². The Balaban J connectivity index is 3.17. The first-order valence-corrected chi connectivity index (χ1v) is 13.0. The Hall–Kier alpha value is -0.570. The Labute approximate surface area is 183 Å². The van der Waals surface area contributed by atoms with Gasteiger partial charge in [0.25, 0.3) is 0 Å². The number of nitrogens with one attached hydrogen (secondary N) is 1. The number of hydrogen-bond donors (Lipinski definition) is 1. The molecule has 0 heterocycles. The van der Waals surface area contributed by atoms with Crippen molar-refractivity contribution < 1.29 is 4.79 Å². The van der Waals surface area contributed by atoms with Crippen molar-refractivity contribution in [3.63, 3.8) is 0 Å². The second-order valence-corrected chi connectivity index (χ2v) is 9.33. The Morgan fingerprint density at radius 1 is 0.690 bits per heavy atom. The van der Waals surface area contributed by atoms with Gasteiger partial charge in [-0.15, -0.1) is 0 Å². The Morgan fingerprint density at radius 3 is 1.45 bits per heavy atom. The molecule has 0 unspecified atom stereocenters. The molecular weight excluding hydrogens is 356 g/mol. The molecule has 3 heteroatoms. The first-order chi connectivity index (χ1) is 14.1. The van der Waals surface area contributed by atoms with E-state index < -0.39 is 0 Å². The van der Waals surface area contributed by atoms with Gasteiger partial charge in [0.1, 0.15) is 0 Å². The van der Waals surface area contributed by atoms with Crippen molar-refractivity contribution in [3.05, 3.63) is 0 Å². The van der Waals surface area contributed by atoms with Crippen LogP contribution in [0.4, 0.5) is 0 Å². The number of amides is 1. The summed E-state index contributed by atoms with van der Waals surface area (Å²) in [7, 11) is 2.10. The predicted octanol–water partition coefficient (Wildman–Crippen LogP) is 7.48. The van der Waals surface area contributed by atoms with Crippen LogP contribution >= 0.6 is 0 Å². The molecule has 0 atom stereocenters. The highest BCUT2D eigenvalue weighted by molar-refractivity contribution is 5.75. The van der Waals surface area contributed by atoms with Crippen LogP contribution in [0.2, 0.25) is 0 Å². The summed E-state index contributed by atoms with van der Waals surface area (Å²) in [6, 6.07) is 0.539. The molecule has 0 aromatic carbocycles. The lowest BCUT2D eigenvalue weighted by molar-refractivity contribution is -0.121. The summed E-state index contributed by atoms with van der Waals surface area (Å²) in [5.74, 6) is 0.225. The fourth-order valence-corrected chi connectivity index (χ4v) is 3.73. The van der Waals surface area contributed by atoms with Crippen LogP contribution in [-0.2, 0) is 4.79 Å². The highest BCUT2D eigenvalue weighted by Crippen LogP contribution is 2.14. The molecule has 0 aromatic rings. The Morgan fingerprint density at radius 2 is 1.07 bits per heavy atom. The zero-order valence-electron chi connectivity index (χ0n) is 20.6. The number of carbonyl (C=O) groups is 1. The summed E-state index contributed by atoms with van der Waals surface area (Å²) in [5, 5.41) is 3.04. The highest BCUT2D eigenvalue weighted by atomic mass is 16.1. The van der Waals surface area contributed by atoms with Crippen molar-refractivity contribution in [3.8, 4) is 0 Å². The van der Waals surface area contributed by atoms with Gasteiger partial charge in [-0.05, 0) is 27.3 Å². The summed E-state index contributed by atoms with van der Waals surface area (Å²) in [6.07, 6.45) is 24.2. The van der Waals surface area contributed by atoms with Gasteiger partial charge in [-0.25, -0.2) is 0 Å². The summed E-state index contributed by atoms with van der Waals surface area (Å²) in [6.45, 7) is 8.35. The molecule has 29 heavy (non-hydrogen) atoms. The van der Waals surface area contributed by atoms with E-state index in [1.807, 2.05) is 0 Å². The van der Waals surface area contributed by atoms with E-state index in [-0.39, 0.29) is 5.91 Å². The molecule has 0 radical (unpaired) electrons. The zero-order chi connectivity index (χ0) is 21.6. The minimum absolute atomic E-state index is 0.225. The fourth-order valence-electron chi connectivity index (χ4n) is 3.73. The molecule has 3 nitrogen and oxygen atoms in total. The zero-order valence-corrected chi connectivity index (χ0v) is 20.6. The second kappa shape index (κ2) is 22.1. The lowest BCUT2D eigenvalue weighted by Gasteiger charge is -2.20. The lowest BCUT2D eigenvalue weighted by Crippen LogP contribution is -2.36. The Kier molecular flexibility index (Phi) is 21.7. The molecule has 0 aliphatic carbocycles. The van der Waals surface area contributed by atoms with Gasteiger partial charge in [0.2, 0.25) is 5.91 Å². The van der Waals surface area contributed by atoms with Crippen molar-refractivity contribution in [2.45, 2.75) is 142 Å². The topological polar surface area (TPSA) is 32.3 Å². The molecule has 0 saturated heterocycles. The van der Waals surface area contributed by atoms with Gasteiger partial charge in [-0.2, -0.15) is 0 Å². The van der Waals surface area contributed by atoms with Crippen molar-refractivity contribution in [1.29, 1.82) is 0 Å². The van der Waals surface area contributed by atoms with E-state index in [4.69, 9.17) is 0 Å². The third kappa shape index (κ3) is 21.9. The van der Waals surface area contributed by atoms with Gasteiger partial charge in [0.05, 0.1) is 0 Å². The SMILES string of the molecule is CCCCCCCCCCCCCCCCCCCC(=O)NCCN(C)C(C)C. The third-order valence-electron chi connectivity index (χ3n) is 6.18. The molecule has 174 valence electrons. The standard InChI is InChI=1S/C26H54N2O/c1-5-6-7-8-9-10-11-12-13-14-15-16-17-18-19-20-21-22-26(29)27-23-24-28(4)25(2)3/h25H,5-24H2,1-4H3,(H,27,29). The van der Waals surface area contributed by atoms with Crippen molar-refractivity contribution in [2.24, 2.45) is 0 Å². The van der Waals surface area contributed by atoms with Crippen LogP contribution in [0.5, 0.6) is 0 Å². The molecule has 0 aliphatic rings. The molecule has 0 rings (SSSR count). The molecule has 0 aliphatic heterocycles. The van der Waals surface area contributed by atoms with Gasteiger partial charge in [0.15, 0.2) is 0 Å². The third-order valence-corrected chi connectivity index (χ3v) is 6.18. The number of rotatable bonds is 22. The molecule has 1 amide bonds. The molecule has 0 spiro atoms. The van der Waals surface area contributed by atoms with E-state index in [0.29, 0.717) is 12.5 Å². The molecule has 0 bridgehead atoms. The average Bonchev–Trinajstić information content (AvgIpc) is 2.70. The maximum Gasteiger partial charge on any atom is 0.220 e. The number of likely N-dealkylation sites (N-methyl/N-ethyl adjacent to an activating group) is 1. The van der Waals surface area contributed by atoms with Crippen molar-refractivity contribution in [1.82, 2.24) is 10.2 Å². The van der Waals surface area contributed by atoms with E-state index in [1.165, 1.54) is 103 Å². The van der Waals surface area contributed by atoms with Gasteiger partial charge in [-0.3, -0.25) is 4.79 Å². The number of hydrogen-bond acceptors (Lipinski definition) is 2. The largest absolute Gasteiger partial charge is 0.355 e. The highest BCUT2D eigenvalue weighted by Gasteiger charge is 2.04. The van der Waals surface area contributed by atoms with E-state index in [0.717, 1.165) is 19.5 Å². The second-order valence-electron chi connectivity index (χ2n) is 9.33. The first kappa shape index (κ1) is 28.4. The van der Waals surface area contributed by atoms with Crippen molar-refractivity contribution in [2.75, 3.05) is 20.1 Å². The quantitative estimate of drug-likeness (QED) is 0.188. The smallest absolute Gasteiger partial charge is 0.220 e. The maximum absolute atomic E-state index is 11.8. The monoisotopic (exact) mass is 410 g/mol. The van der Waals surface area contributed by atoms with Crippen LogP contribution in [0.1, 0.15) is 136 Å². The van der Waals surface area contributed by atoms with Crippen LogP contribution in [0.25, 0.3) is 0 Å². The first-order valence-electron chi connectivity index (χ1n) is 13.0. The summed E-state index contributed by atoms with van der Waals surface area (Å²) in [5.41, 5.74) is 0. The van der Waals surface area contributed by atoms with Crippen LogP contribution in [0.15, 0.2) is 0 Å². The van der Waals surface area contributed by atoms with E-state index in [1.54, 1.807) is 0 Å². The minimum Gasteiger partial charge on any atom is -0.355 e. The van der Waals surface area contributed by atoms with Crippen LogP contribution in [0.3, 0.4) is 0 Å². The Bertz CT molecular complexity index is 344. The molecular formula is C26H54N2O. The molecule has 0 saturated carbocycles. The van der Waals surface area contributed by atoms with Crippen LogP contribution in [-0.4, -0.2) is 37.0 Å². The summed E-state index contributed by atoms with van der Waals surface area (Å²) >= 11 is 0. The van der Waals surface area contributed by atoms with E-state index in [9.17, 15) is 4.79 Å². The van der Waals surface area contributed by atoms with Gasteiger partial charge in [-0.1, -0.05) is 110 Å². The van der Waals surface area contributed by atoms with E-state index >= 15 is 0 Å². The minimum atomic E-state index is 0.225. The molecule has 1 N–H and O–H groups in total. The summed E-state index contributed by atoms with van der Waals surface area (Å²) < 4.78 is 0. The van der Waals surface area contributed by atoms with Gasteiger partial charge in [0, 0.05) is 25.6 Å².